The number of rotatable bonds is 5. The molecular formula is C28H34F6N6O2. The number of anilines is 1. The maximum atomic E-state index is 13.7. The highest BCUT2D eigenvalue weighted by molar-refractivity contribution is 5.91. The van der Waals surface area contributed by atoms with Gasteiger partial charge in [-0.15, -0.1) is 5.10 Å². The third-order valence-electron chi connectivity index (χ3n) is 7.34. The Balaban J connectivity index is 1.87. The second-order valence-electron chi connectivity index (χ2n) is 10.6. The Morgan fingerprint density at radius 3 is 2.33 bits per heavy atom. The lowest BCUT2D eigenvalue weighted by Crippen LogP contribution is -2.48. The zero-order chi connectivity index (χ0) is 30.8. The topological polar surface area (TPSA) is 95.2 Å². The van der Waals surface area contributed by atoms with E-state index in [1.54, 1.807) is 18.7 Å². The predicted molar refractivity (Wildman–Crippen MR) is 145 cm³/mol. The fourth-order valence-electron chi connectivity index (χ4n) is 5.66. The van der Waals surface area contributed by atoms with Crippen molar-refractivity contribution in [3.63, 3.8) is 0 Å². The Morgan fingerprint density at radius 1 is 1.10 bits per heavy atom. The molecule has 0 radical (unpaired) electrons. The number of nitrogens with zero attached hydrogens (tertiary/aromatic N) is 3. The van der Waals surface area contributed by atoms with Gasteiger partial charge in [-0.2, -0.15) is 26.3 Å². The van der Waals surface area contributed by atoms with Crippen molar-refractivity contribution in [1.82, 2.24) is 15.8 Å². The quantitative estimate of drug-likeness (QED) is 0.131. The van der Waals surface area contributed by atoms with Crippen molar-refractivity contribution in [3.05, 3.63) is 63.7 Å². The molecule has 1 heterocycles. The number of fused-ring (bicyclic) bond motifs is 3. The molecule has 8 nitrogen and oxygen atoms in total. The molecule has 1 atom stereocenters. The molecule has 0 saturated heterocycles. The molecule has 0 bridgehead atoms. The predicted octanol–water partition coefficient (Wildman–Crippen LogP) is 5.86. The first-order chi connectivity index (χ1) is 19.7. The van der Waals surface area contributed by atoms with Gasteiger partial charge in [-0.1, -0.05) is 12.1 Å². The van der Waals surface area contributed by atoms with Crippen LogP contribution in [0.4, 0.5) is 36.8 Å². The van der Waals surface area contributed by atoms with E-state index in [0.29, 0.717) is 49.2 Å². The van der Waals surface area contributed by atoms with Gasteiger partial charge in [0.05, 0.1) is 29.0 Å². The molecule has 2 aliphatic rings. The van der Waals surface area contributed by atoms with E-state index in [1.807, 2.05) is 12.1 Å². The van der Waals surface area contributed by atoms with Gasteiger partial charge in [0.1, 0.15) is 0 Å². The van der Waals surface area contributed by atoms with Crippen molar-refractivity contribution in [2.75, 3.05) is 18.5 Å². The van der Waals surface area contributed by atoms with Crippen molar-refractivity contribution in [2.24, 2.45) is 10.9 Å². The van der Waals surface area contributed by atoms with Crippen LogP contribution in [0, 0.1) is 0 Å². The maximum absolute atomic E-state index is 13.7. The summed E-state index contributed by atoms with van der Waals surface area (Å²) in [4.78, 5) is 16.4. The zero-order valence-corrected chi connectivity index (χ0v) is 23.5. The van der Waals surface area contributed by atoms with Crippen LogP contribution in [-0.2, 0) is 36.5 Å². The average Bonchev–Trinajstić information content (AvgIpc) is 3.30. The summed E-state index contributed by atoms with van der Waals surface area (Å²) in [5.74, 6) is 5.70. The fourth-order valence-corrected chi connectivity index (χ4v) is 5.66. The lowest BCUT2D eigenvalue weighted by atomic mass is 9.94. The first kappa shape index (κ1) is 31.3. The molecule has 230 valence electrons. The van der Waals surface area contributed by atoms with Crippen LogP contribution in [0.2, 0.25) is 0 Å². The monoisotopic (exact) mass is 600 g/mol. The molecule has 1 unspecified atom stereocenters. The molecule has 0 aromatic heterocycles. The Kier molecular flexibility index (Phi) is 9.14. The summed E-state index contributed by atoms with van der Waals surface area (Å²) < 4.78 is 87.5. The Morgan fingerprint density at radius 2 is 1.76 bits per heavy atom. The molecular weight excluding hydrogens is 566 g/mol. The number of alkyl halides is 6. The molecule has 2 aromatic rings. The van der Waals surface area contributed by atoms with Crippen molar-refractivity contribution < 1.29 is 35.9 Å². The summed E-state index contributed by atoms with van der Waals surface area (Å²) in [5.41, 5.74) is 5.76. The Bertz CT molecular complexity index is 1290. The molecule has 4 rings (SSSR count). The van der Waals surface area contributed by atoms with Crippen molar-refractivity contribution in [2.45, 2.75) is 77.0 Å². The number of halogens is 6. The highest BCUT2D eigenvalue weighted by atomic mass is 19.4. The lowest BCUT2D eigenvalue weighted by molar-refractivity contribution is -0.143. The molecule has 1 aliphatic heterocycles. The largest absolute Gasteiger partial charge is 0.446 e. The van der Waals surface area contributed by atoms with Crippen LogP contribution in [0.25, 0.3) is 0 Å². The number of hydrazone groups is 1. The number of hydrazine groups is 1. The van der Waals surface area contributed by atoms with Gasteiger partial charge in [0.2, 0.25) is 5.96 Å². The van der Waals surface area contributed by atoms with E-state index in [2.05, 4.69) is 16.0 Å². The molecule has 1 amide bonds. The average molecular weight is 601 g/mol. The first-order valence-corrected chi connectivity index (χ1v) is 13.6. The molecule has 1 aliphatic carbocycles. The lowest BCUT2D eigenvalue weighted by Gasteiger charge is -2.35. The standard InChI is InChI=1S/C28H34F6N6O2/c1-16(2)42-26(41)39-11-5-8-23(22-10-9-18-6-4-7-21(18)24(22)39)40(25(37-35)38-36-3)15-17-12-19(27(29,30)31)14-20(13-17)28(32,33)34/h9-10,12-14,16,23,36H,4-8,11,15,35H2,1-3H3,(H,37,38). The van der Waals surface area contributed by atoms with Crippen molar-refractivity contribution >= 4 is 17.7 Å². The third kappa shape index (κ3) is 6.69. The molecule has 4 N–H and O–H groups in total. The smallest absolute Gasteiger partial charge is 0.416 e. The summed E-state index contributed by atoms with van der Waals surface area (Å²) >= 11 is 0. The Hall–Kier alpha value is -3.68. The van der Waals surface area contributed by atoms with Crippen LogP contribution in [0.3, 0.4) is 0 Å². The second-order valence-corrected chi connectivity index (χ2v) is 10.6. The summed E-state index contributed by atoms with van der Waals surface area (Å²) in [7, 11) is 1.52. The molecule has 0 saturated carbocycles. The number of hydrogen-bond acceptors (Lipinski definition) is 5. The number of guanidine groups is 1. The van der Waals surface area contributed by atoms with Crippen LogP contribution in [0.1, 0.15) is 72.5 Å². The van der Waals surface area contributed by atoms with Crippen LogP contribution in [-0.4, -0.2) is 36.6 Å². The van der Waals surface area contributed by atoms with Crippen LogP contribution in [0.5, 0.6) is 0 Å². The minimum absolute atomic E-state index is 0.00174. The second kappa shape index (κ2) is 12.3. The van der Waals surface area contributed by atoms with Gasteiger partial charge in [0.15, 0.2) is 0 Å². The molecule has 0 spiro atoms. The van der Waals surface area contributed by atoms with E-state index in [9.17, 15) is 31.1 Å². The van der Waals surface area contributed by atoms with Gasteiger partial charge >= 0.3 is 18.4 Å². The third-order valence-corrected chi connectivity index (χ3v) is 7.34. The van der Waals surface area contributed by atoms with Gasteiger partial charge in [-0.3, -0.25) is 10.3 Å². The molecule has 14 heteroatoms. The molecule has 42 heavy (non-hydrogen) atoms. The number of aryl methyl sites for hydroxylation is 1. The summed E-state index contributed by atoms with van der Waals surface area (Å²) in [6.45, 7) is 3.41. The number of nitrogens with two attached hydrogens (primary N) is 1. The van der Waals surface area contributed by atoms with Crippen LogP contribution < -0.4 is 21.6 Å². The minimum Gasteiger partial charge on any atom is -0.446 e. The van der Waals surface area contributed by atoms with E-state index in [0.717, 1.165) is 24.0 Å². The first-order valence-electron chi connectivity index (χ1n) is 13.6. The van der Waals surface area contributed by atoms with E-state index < -0.39 is 42.2 Å². The summed E-state index contributed by atoms with van der Waals surface area (Å²) in [6, 6.07) is 4.69. The van der Waals surface area contributed by atoms with Gasteiger partial charge in [-0.25, -0.2) is 10.2 Å². The van der Waals surface area contributed by atoms with Gasteiger partial charge in [0, 0.05) is 20.1 Å². The number of nitrogens with one attached hydrogen (secondary N) is 2. The molecule has 0 fully saturated rings. The van der Waals surface area contributed by atoms with Gasteiger partial charge < -0.3 is 15.5 Å². The normalized spacial score (nSPS) is 17.5. The number of carbonyl (C=O) groups excluding carboxylic acids is 1. The number of benzene rings is 2. The van der Waals surface area contributed by atoms with E-state index in [-0.39, 0.29) is 23.7 Å². The SMILES string of the molecule is CNNC(=NN)N(Cc1cc(C(F)(F)F)cc(C(F)(F)F)c1)C1CCCN(C(=O)OC(C)C)c2c1ccc1c2CCC1. The molecule has 2 aromatic carbocycles. The minimum atomic E-state index is -5.00. The van der Waals surface area contributed by atoms with Gasteiger partial charge in [0.25, 0.3) is 0 Å². The summed E-state index contributed by atoms with van der Waals surface area (Å²) in [6.07, 6.45) is -7.60. The zero-order valence-electron chi connectivity index (χ0n) is 23.5. The van der Waals surface area contributed by atoms with E-state index in [1.165, 1.54) is 11.9 Å². The maximum Gasteiger partial charge on any atom is 0.416 e. The summed E-state index contributed by atoms with van der Waals surface area (Å²) in [5, 5.41) is 3.78. The van der Waals surface area contributed by atoms with Gasteiger partial charge in [-0.05, 0) is 86.4 Å². The highest BCUT2D eigenvalue weighted by Gasteiger charge is 2.39. The van der Waals surface area contributed by atoms with Crippen molar-refractivity contribution in [1.29, 1.82) is 0 Å². The van der Waals surface area contributed by atoms with Crippen LogP contribution in [0.15, 0.2) is 35.4 Å². The van der Waals surface area contributed by atoms with E-state index >= 15 is 0 Å². The number of amides is 1. The number of carbonyl (C=O) groups is 1. The van der Waals surface area contributed by atoms with Crippen LogP contribution >= 0.6 is 0 Å². The Labute approximate surface area is 239 Å². The number of ether oxygens (including phenoxy) is 1. The number of hydrogen-bond donors (Lipinski definition) is 3. The highest BCUT2D eigenvalue weighted by Crippen LogP contribution is 2.44. The van der Waals surface area contributed by atoms with Crippen molar-refractivity contribution in [3.8, 4) is 0 Å². The fraction of sp³-hybridized carbons (Fsp3) is 0.500. The van der Waals surface area contributed by atoms with E-state index in [4.69, 9.17) is 10.6 Å².